The fraction of sp³-hybridized carbons (Fsp3) is 0.391. The number of hydrogen-bond acceptors (Lipinski definition) is 6. The summed E-state index contributed by atoms with van der Waals surface area (Å²) in [5.41, 5.74) is 11.5. The van der Waals surface area contributed by atoms with Crippen LogP contribution in [0.1, 0.15) is 37.1 Å². The number of piperidine rings is 1. The molecule has 0 saturated carbocycles. The van der Waals surface area contributed by atoms with Crippen LogP contribution in [0.2, 0.25) is 5.02 Å². The van der Waals surface area contributed by atoms with Crippen LogP contribution in [0.3, 0.4) is 0 Å². The molecule has 1 heterocycles. The Morgan fingerprint density at radius 3 is 1.97 bits per heavy atom. The van der Waals surface area contributed by atoms with E-state index in [1.807, 2.05) is 36.4 Å². The van der Waals surface area contributed by atoms with Gasteiger partial charge in [0.25, 0.3) is 0 Å². The predicted molar refractivity (Wildman–Crippen MR) is 132 cm³/mol. The monoisotopic (exact) mass is 476 g/mol. The summed E-state index contributed by atoms with van der Waals surface area (Å²) < 4.78 is 16.6. The predicted octanol–water partition coefficient (Wildman–Crippen LogP) is 4.21. The molecule has 2 aromatic carbocycles. The standard InChI is InChI=1S/C23H29ClN4O3S/c1-12-19(27-28-23(25)32)13(2)21(26-20(12)14-6-8-16(24)9-7-14)15-10-17(29-3)22(31-5)18(11-15)30-4/h6-13,20-21,26H,1-5H3,(H3,25,28,32)/b27-19-. The van der Waals surface area contributed by atoms with E-state index >= 15 is 0 Å². The second-order valence-corrected chi connectivity index (χ2v) is 8.60. The SMILES string of the molecule is COc1cc(C2NC(c3ccc(Cl)cc3)C(C)/C(=N/NC(N)=S)C2C)cc(OC)c1OC. The van der Waals surface area contributed by atoms with E-state index in [1.54, 1.807) is 21.3 Å². The van der Waals surface area contributed by atoms with E-state index in [0.717, 1.165) is 16.8 Å². The quantitative estimate of drug-likeness (QED) is 0.425. The average Bonchev–Trinajstić information content (AvgIpc) is 2.78. The maximum atomic E-state index is 6.12. The number of nitrogens with zero attached hydrogens (tertiary/aromatic N) is 1. The zero-order valence-electron chi connectivity index (χ0n) is 18.8. The maximum absolute atomic E-state index is 6.12. The van der Waals surface area contributed by atoms with Crippen molar-refractivity contribution >= 4 is 34.6 Å². The van der Waals surface area contributed by atoms with Gasteiger partial charge in [-0.1, -0.05) is 37.6 Å². The summed E-state index contributed by atoms with van der Waals surface area (Å²) in [7, 11) is 4.80. The van der Waals surface area contributed by atoms with E-state index in [9.17, 15) is 0 Å². The van der Waals surface area contributed by atoms with Gasteiger partial charge in [0.2, 0.25) is 5.75 Å². The van der Waals surface area contributed by atoms with Crippen molar-refractivity contribution in [3.63, 3.8) is 0 Å². The number of ether oxygens (including phenoxy) is 3. The van der Waals surface area contributed by atoms with Crippen LogP contribution in [0.5, 0.6) is 17.2 Å². The Morgan fingerprint density at radius 2 is 1.50 bits per heavy atom. The second-order valence-electron chi connectivity index (χ2n) is 7.72. The third-order valence-electron chi connectivity index (χ3n) is 5.86. The van der Waals surface area contributed by atoms with Crippen LogP contribution in [-0.2, 0) is 0 Å². The van der Waals surface area contributed by atoms with Crippen LogP contribution < -0.4 is 30.7 Å². The summed E-state index contributed by atoms with van der Waals surface area (Å²) in [5.74, 6) is 1.84. The summed E-state index contributed by atoms with van der Waals surface area (Å²) in [6.07, 6.45) is 0. The van der Waals surface area contributed by atoms with Crippen molar-refractivity contribution in [2.45, 2.75) is 25.9 Å². The number of hydrazone groups is 1. The Labute approximate surface area is 199 Å². The number of hydrogen-bond donors (Lipinski definition) is 3. The van der Waals surface area contributed by atoms with Gasteiger partial charge in [-0.05, 0) is 47.6 Å². The molecule has 4 atom stereocenters. The molecule has 1 saturated heterocycles. The van der Waals surface area contributed by atoms with Gasteiger partial charge in [0.05, 0.1) is 21.3 Å². The van der Waals surface area contributed by atoms with Crippen molar-refractivity contribution in [2.24, 2.45) is 22.7 Å². The zero-order valence-corrected chi connectivity index (χ0v) is 20.4. The first kappa shape index (κ1) is 24.1. The largest absolute Gasteiger partial charge is 0.493 e. The molecule has 0 bridgehead atoms. The molecule has 1 fully saturated rings. The molecule has 4 unspecified atom stereocenters. The van der Waals surface area contributed by atoms with Gasteiger partial charge < -0.3 is 25.3 Å². The molecule has 7 nitrogen and oxygen atoms in total. The zero-order chi connectivity index (χ0) is 23.4. The Morgan fingerprint density at radius 1 is 0.969 bits per heavy atom. The topological polar surface area (TPSA) is 90.1 Å². The molecule has 0 aromatic heterocycles. The number of thiocarbonyl (C=S) groups is 1. The smallest absolute Gasteiger partial charge is 0.203 e. The molecule has 0 aliphatic carbocycles. The number of benzene rings is 2. The molecule has 4 N–H and O–H groups in total. The number of nitrogens with two attached hydrogens (primary N) is 1. The van der Waals surface area contributed by atoms with Crippen molar-refractivity contribution in [1.82, 2.24) is 10.7 Å². The van der Waals surface area contributed by atoms with Crippen LogP contribution in [0, 0.1) is 11.8 Å². The lowest BCUT2D eigenvalue weighted by molar-refractivity contribution is 0.304. The van der Waals surface area contributed by atoms with Gasteiger partial charge in [0.1, 0.15) is 0 Å². The number of halogens is 1. The van der Waals surface area contributed by atoms with Gasteiger partial charge in [-0.2, -0.15) is 5.10 Å². The molecule has 32 heavy (non-hydrogen) atoms. The van der Waals surface area contributed by atoms with Crippen LogP contribution in [-0.4, -0.2) is 32.2 Å². The highest BCUT2D eigenvalue weighted by molar-refractivity contribution is 7.80. The Hall–Kier alpha value is -2.55. The minimum absolute atomic E-state index is 0.0144. The van der Waals surface area contributed by atoms with Gasteiger partial charge >= 0.3 is 0 Å². The van der Waals surface area contributed by atoms with Crippen LogP contribution in [0.4, 0.5) is 0 Å². The van der Waals surface area contributed by atoms with Crippen LogP contribution >= 0.6 is 23.8 Å². The van der Waals surface area contributed by atoms with Crippen molar-refractivity contribution in [3.05, 3.63) is 52.5 Å². The summed E-state index contributed by atoms with van der Waals surface area (Å²) >= 11 is 11.1. The van der Waals surface area contributed by atoms with Gasteiger partial charge in [0.15, 0.2) is 16.6 Å². The Kier molecular flexibility index (Phi) is 7.82. The van der Waals surface area contributed by atoms with E-state index in [4.69, 9.17) is 43.8 Å². The molecule has 2 aromatic rings. The van der Waals surface area contributed by atoms with Crippen molar-refractivity contribution in [3.8, 4) is 17.2 Å². The normalized spacial score (nSPS) is 24.1. The molecule has 172 valence electrons. The molecule has 0 radical (unpaired) electrons. The van der Waals surface area contributed by atoms with E-state index in [2.05, 4.69) is 29.7 Å². The van der Waals surface area contributed by atoms with E-state index in [0.29, 0.717) is 22.3 Å². The minimum atomic E-state index is -0.0903. The van der Waals surface area contributed by atoms with Crippen molar-refractivity contribution in [1.29, 1.82) is 0 Å². The van der Waals surface area contributed by atoms with Crippen molar-refractivity contribution < 1.29 is 14.2 Å². The highest BCUT2D eigenvalue weighted by Gasteiger charge is 2.39. The average molecular weight is 477 g/mol. The Balaban J connectivity index is 2.10. The first-order chi connectivity index (χ1) is 15.3. The summed E-state index contributed by atoms with van der Waals surface area (Å²) in [4.78, 5) is 0. The first-order valence-corrected chi connectivity index (χ1v) is 11.0. The van der Waals surface area contributed by atoms with Crippen LogP contribution in [0.15, 0.2) is 41.5 Å². The third kappa shape index (κ3) is 4.92. The van der Waals surface area contributed by atoms with E-state index in [-0.39, 0.29) is 29.0 Å². The van der Waals surface area contributed by atoms with Gasteiger partial charge in [-0.25, -0.2) is 0 Å². The Bertz CT molecular complexity index is 974. The fourth-order valence-electron chi connectivity index (χ4n) is 4.28. The molecule has 9 heteroatoms. The van der Waals surface area contributed by atoms with E-state index in [1.165, 1.54) is 0 Å². The molecule has 1 aliphatic rings. The second kappa shape index (κ2) is 10.4. The molecular weight excluding hydrogens is 448 g/mol. The number of rotatable bonds is 6. The third-order valence-corrected chi connectivity index (χ3v) is 6.21. The number of nitrogens with one attached hydrogen (secondary N) is 2. The van der Waals surface area contributed by atoms with Crippen LogP contribution in [0.25, 0.3) is 0 Å². The highest BCUT2D eigenvalue weighted by atomic mass is 35.5. The summed E-state index contributed by atoms with van der Waals surface area (Å²) in [6.45, 7) is 4.25. The van der Waals surface area contributed by atoms with Gasteiger partial charge in [-0.3, -0.25) is 5.43 Å². The van der Waals surface area contributed by atoms with Gasteiger partial charge in [-0.15, -0.1) is 0 Å². The molecule has 0 amide bonds. The number of methoxy groups -OCH3 is 3. The molecule has 3 rings (SSSR count). The van der Waals surface area contributed by atoms with Gasteiger partial charge in [0, 0.05) is 34.7 Å². The lowest BCUT2D eigenvalue weighted by atomic mass is 9.75. The summed E-state index contributed by atoms with van der Waals surface area (Å²) in [6, 6.07) is 11.6. The lowest BCUT2D eigenvalue weighted by Crippen LogP contribution is -2.47. The highest BCUT2D eigenvalue weighted by Crippen LogP contribution is 2.44. The molecule has 1 aliphatic heterocycles. The maximum Gasteiger partial charge on any atom is 0.203 e. The molecular formula is C23H29ClN4O3S. The first-order valence-electron chi connectivity index (χ1n) is 10.2. The minimum Gasteiger partial charge on any atom is -0.493 e. The summed E-state index contributed by atoms with van der Waals surface area (Å²) in [5, 5.41) is 9.19. The molecule has 0 spiro atoms. The van der Waals surface area contributed by atoms with Crippen molar-refractivity contribution in [2.75, 3.05) is 21.3 Å². The fourth-order valence-corrected chi connectivity index (χ4v) is 4.45. The van der Waals surface area contributed by atoms with E-state index < -0.39 is 0 Å². The lowest BCUT2D eigenvalue weighted by Gasteiger charge is -2.42.